The van der Waals surface area contributed by atoms with E-state index < -0.39 is 5.60 Å². The van der Waals surface area contributed by atoms with Gasteiger partial charge in [-0.1, -0.05) is 0 Å². The van der Waals surface area contributed by atoms with Gasteiger partial charge in [0.1, 0.15) is 0 Å². The van der Waals surface area contributed by atoms with Crippen LogP contribution in [0.1, 0.15) is 20.8 Å². The smallest absolute Gasteiger partial charge is 0.0563 e. The molecule has 0 aromatic carbocycles. The first-order valence-corrected chi connectivity index (χ1v) is 1.72. The molecule has 47 valence electrons. The molecule has 0 unspecified atom stereocenters. The van der Waals surface area contributed by atoms with Gasteiger partial charge >= 0.3 is 0 Å². The van der Waals surface area contributed by atoms with Crippen LogP contribution in [-0.4, -0.2) is 10.7 Å². The van der Waals surface area contributed by atoms with Crippen LogP contribution in [0.15, 0.2) is 0 Å². The van der Waals surface area contributed by atoms with Crippen molar-refractivity contribution in [3.63, 3.8) is 0 Å². The minimum atomic E-state index is -0.500. The van der Waals surface area contributed by atoms with Crippen molar-refractivity contribution in [3.8, 4) is 0 Å². The first-order chi connectivity index (χ1) is 2.00. The van der Waals surface area contributed by atoms with Crippen molar-refractivity contribution >= 4 is 12.4 Å². The quantitative estimate of drug-likeness (QED) is 0.535. The summed E-state index contributed by atoms with van der Waals surface area (Å²) >= 11 is 0. The van der Waals surface area contributed by atoms with Gasteiger partial charge in [-0.25, -0.2) is 0 Å². The Morgan fingerprint density at radius 1 is 1.14 bits per heavy atom. The number of halogens is 1. The molecule has 1 N–H and O–H groups in total. The van der Waals surface area contributed by atoms with Crippen LogP contribution in [0.4, 0.5) is 0 Å². The molecule has 3 heteroatoms. The summed E-state index contributed by atoms with van der Waals surface area (Å²) in [5.41, 5.74) is -0.500. The Kier molecular flexibility index (Phi) is 11.0. The molecule has 0 aromatic heterocycles. The maximum absolute atomic E-state index is 8.52. The van der Waals surface area contributed by atoms with E-state index in [1.165, 1.54) is 0 Å². The van der Waals surface area contributed by atoms with E-state index in [0.29, 0.717) is 0 Å². The summed E-state index contributed by atoms with van der Waals surface area (Å²) in [5.74, 6) is 0. The van der Waals surface area contributed by atoms with Crippen LogP contribution in [0.5, 0.6) is 0 Å². The van der Waals surface area contributed by atoms with Gasteiger partial charge in [0, 0.05) is 17.1 Å². The van der Waals surface area contributed by atoms with E-state index in [1.807, 2.05) is 0 Å². The molecule has 0 saturated heterocycles. The molecule has 0 amide bonds. The summed E-state index contributed by atoms with van der Waals surface area (Å²) in [6.45, 7) is 5.23. The van der Waals surface area contributed by atoms with Crippen LogP contribution in [0.25, 0.3) is 0 Å². The molecule has 0 aliphatic heterocycles. The second kappa shape index (κ2) is 4.92. The van der Waals surface area contributed by atoms with E-state index in [4.69, 9.17) is 5.11 Å². The van der Waals surface area contributed by atoms with Crippen molar-refractivity contribution in [2.45, 2.75) is 26.4 Å². The van der Waals surface area contributed by atoms with Gasteiger partial charge in [-0.2, -0.15) is 0 Å². The summed E-state index contributed by atoms with van der Waals surface area (Å²) in [6, 6.07) is 0. The van der Waals surface area contributed by atoms with Crippen molar-refractivity contribution in [2.75, 3.05) is 0 Å². The van der Waals surface area contributed by atoms with Gasteiger partial charge < -0.3 is 5.11 Å². The van der Waals surface area contributed by atoms with Gasteiger partial charge in [0.25, 0.3) is 0 Å². The zero-order chi connectivity index (χ0) is 4.50. The Balaban J connectivity index is -0.0000000800. The standard InChI is InChI=1S/C4H10O.ClH.Mn/c1-4(2,3)5;;/h5H,1-3H3;1H;. The van der Waals surface area contributed by atoms with Crippen LogP contribution in [0.2, 0.25) is 0 Å². The molecule has 7 heavy (non-hydrogen) atoms. The Hall–Kier alpha value is 0.769. The second-order valence-electron chi connectivity index (χ2n) is 2.17. The Morgan fingerprint density at radius 2 is 1.14 bits per heavy atom. The van der Waals surface area contributed by atoms with E-state index in [2.05, 4.69) is 0 Å². The third-order valence-corrected chi connectivity index (χ3v) is 0. The van der Waals surface area contributed by atoms with Crippen molar-refractivity contribution < 1.29 is 22.2 Å². The van der Waals surface area contributed by atoms with Gasteiger partial charge in [-0.3, -0.25) is 0 Å². The molecule has 1 nitrogen and oxygen atoms in total. The SMILES string of the molecule is CC(C)(C)O.Cl.[Mn]. The van der Waals surface area contributed by atoms with Gasteiger partial charge in [0.05, 0.1) is 5.60 Å². The first kappa shape index (κ1) is 15.7. The minimum Gasteiger partial charge on any atom is -0.391 e. The summed E-state index contributed by atoms with van der Waals surface area (Å²) in [4.78, 5) is 0. The van der Waals surface area contributed by atoms with E-state index >= 15 is 0 Å². The van der Waals surface area contributed by atoms with Crippen LogP contribution < -0.4 is 0 Å². The number of aliphatic hydroxyl groups is 1. The summed E-state index contributed by atoms with van der Waals surface area (Å²) in [7, 11) is 0. The van der Waals surface area contributed by atoms with E-state index in [-0.39, 0.29) is 29.5 Å². The van der Waals surface area contributed by atoms with Crippen molar-refractivity contribution in [2.24, 2.45) is 0 Å². The zero-order valence-electron chi connectivity index (χ0n) is 4.73. The number of hydrogen-bond donors (Lipinski definition) is 1. The van der Waals surface area contributed by atoms with Crippen molar-refractivity contribution in [1.29, 1.82) is 0 Å². The van der Waals surface area contributed by atoms with E-state index in [1.54, 1.807) is 20.8 Å². The Bertz CT molecular complexity index is 27.2. The van der Waals surface area contributed by atoms with Crippen molar-refractivity contribution in [1.82, 2.24) is 0 Å². The van der Waals surface area contributed by atoms with Crippen molar-refractivity contribution in [3.05, 3.63) is 0 Å². The molecule has 1 radical (unpaired) electrons. The zero-order valence-corrected chi connectivity index (χ0v) is 6.73. The predicted octanol–water partition coefficient (Wildman–Crippen LogP) is 1.20. The van der Waals surface area contributed by atoms with E-state index in [9.17, 15) is 0 Å². The third kappa shape index (κ3) is 260. The predicted molar refractivity (Wildman–Crippen MR) is 29.2 cm³/mol. The van der Waals surface area contributed by atoms with Crippen LogP contribution in [0, 0.1) is 0 Å². The maximum atomic E-state index is 8.52. The van der Waals surface area contributed by atoms with Gasteiger partial charge in [-0.15, -0.1) is 12.4 Å². The molecule has 0 heterocycles. The van der Waals surface area contributed by atoms with Crippen LogP contribution in [0.3, 0.4) is 0 Å². The fourth-order valence-corrected chi connectivity index (χ4v) is 0. The average Bonchev–Trinajstić information content (AvgIpc) is 0.722. The van der Waals surface area contributed by atoms with Gasteiger partial charge in [0.15, 0.2) is 0 Å². The molecular weight excluding hydrogens is 154 g/mol. The van der Waals surface area contributed by atoms with Gasteiger partial charge in [-0.05, 0) is 20.8 Å². The molecule has 0 saturated carbocycles. The molecule has 0 bridgehead atoms. The monoisotopic (exact) mass is 165 g/mol. The minimum absolute atomic E-state index is 0. The summed E-state index contributed by atoms with van der Waals surface area (Å²) < 4.78 is 0. The molecule has 0 rings (SSSR count). The maximum Gasteiger partial charge on any atom is 0.0563 e. The van der Waals surface area contributed by atoms with Gasteiger partial charge in [0.2, 0.25) is 0 Å². The molecule has 0 atom stereocenters. The topological polar surface area (TPSA) is 20.2 Å². The molecule has 0 spiro atoms. The molecule has 0 aliphatic rings. The third-order valence-electron chi connectivity index (χ3n) is 0. The second-order valence-corrected chi connectivity index (χ2v) is 2.17. The van der Waals surface area contributed by atoms with Crippen LogP contribution >= 0.6 is 12.4 Å². The molecular formula is C4H11ClMnO. The fourth-order valence-electron chi connectivity index (χ4n) is 0. The first-order valence-electron chi connectivity index (χ1n) is 1.72. The number of rotatable bonds is 0. The number of hydrogen-bond acceptors (Lipinski definition) is 1. The summed E-state index contributed by atoms with van der Waals surface area (Å²) in [5, 5.41) is 8.52. The Labute approximate surface area is 61.4 Å². The fraction of sp³-hybridized carbons (Fsp3) is 1.00. The molecule has 0 aliphatic carbocycles. The Morgan fingerprint density at radius 3 is 1.14 bits per heavy atom. The largest absolute Gasteiger partial charge is 0.391 e. The van der Waals surface area contributed by atoms with Crippen LogP contribution in [-0.2, 0) is 17.1 Å². The summed E-state index contributed by atoms with van der Waals surface area (Å²) in [6.07, 6.45) is 0. The molecule has 0 aromatic rings. The van der Waals surface area contributed by atoms with E-state index in [0.717, 1.165) is 0 Å². The average molecular weight is 166 g/mol. The molecule has 0 fully saturated rings. The normalized spacial score (nSPS) is 8.57.